The summed E-state index contributed by atoms with van der Waals surface area (Å²) in [4.78, 5) is 11.8. The van der Waals surface area contributed by atoms with Gasteiger partial charge < -0.3 is 14.2 Å². The molecule has 0 saturated heterocycles. The lowest BCUT2D eigenvalue weighted by Crippen LogP contribution is -2.07. The molecule has 0 aliphatic carbocycles. The van der Waals surface area contributed by atoms with Gasteiger partial charge in [0, 0.05) is 0 Å². The molecule has 4 heteroatoms. The van der Waals surface area contributed by atoms with Crippen LogP contribution < -0.4 is 9.47 Å². The molecule has 20 heavy (non-hydrogen) atoms. The van der Waals surface area contributed by atoms with E-state index in [1.54, 1.807) is 18.2 Å². The van der Waals surface area contributed by atoms with Crippen molar-refractivity contribution in [3.63, 3.8) is 0 Å². The number of ether oxygens (including phenoxy) is 3. The summed E-state index contributed by atoms with van der Waals surface area (Å²) in [6.45, 7) is 7.58. The summed E-state index contributed by atoms with van der Waals surface area (Å²) in [5, 5.41) is 0. The van der Waals surface area contributed by atoms with Crippen molar-refractivity contribution < 1.29 is 19.0 Å². The maximum atomic E-state index is 11.8. The molecule has 1 rings (SSSR count). The number of benzene rings is 1. The summed E-state index contributed by atoms with van der Waals surface area (Å²) in [7, 11) is 0. The van der Waals surface area contributed by atoms with Gasteiger partial charge in [-0.25, -0.2) is 4.79 Å². The number of carbonyl (C=O) groups is 1. The quantitative estimate of drug-likeness (QED) is 0.509. The molecule has 0 spiro atoms. The van der Waals surface area contributed by atoms with Crippen LogP contribution in [0.2, 0.25) is 0 Å². The molecular weight excluding hydrogens is 256 g/mol. The molecule has 1 aromatic carbocycles. The van der Waals surface area contributed by atoms with Crippen LogP contribution in [0.4, 0.5) is 0 Å². The summed E-state index contributed by atoms with van der Waals surface area (Å²) in [5.74, 6) is 0.940. The van der Waals surface area contributed by atoms with Gasteiger partial charge in [-0.05, 0) is 38.0 Å². The van der Waals surface area contributed by atoms with Gasteiger partial charge in [0.1, 0.15) is 0 Å². The van der Waals surface area contributed by atoms with E-state index in [1.165, 1.54) is 0 Å². The summed E-state index contributed by atoms with van der Waals surface area (Å²) in [6.07, 6.45) is 2.87. The second kappa shape index (κ2) is 9.23. The molecule has 0 bridgehead atoms. The number of rotatable bonds is 9. The molecule has 0 radical (unpaired) electrons. The van der Waals surface area contributed by atoms with Gasteiger partial charge >= 0.3 is 5.97 Å². The van der Waals surface area contributed by atoms with E-state index in [1.807, 2.05) is 13.8 Å². The van der Waals surface area contributed by atoms with Crippen molar-refractivity contribution >= 4 is 5.97 Å². The highest BCUT2D eigenvalue weighted by atomic mass is 16.5. The Balaban J connectivity index is 2.79. The van der Waals surface area contributed by atoms with E-state index in [0.717, 1.165) is 19.3 Å². The first-order chi connectivity index (χ1) is 9.72. The van der Waals surface area contributed by atoms with E-state index in [-0.39, 0.29) is 5.97 Å². The molecule has 4 nitrogen and oxygen atoms in total. The largest absolute Gasteiger partial charge is 0.490 e. The third-order valence-corrected chi connectivity index (χ3v) is 2.67. The third-order valence-electron chi connectivity index (χ3n) is 2.67. The van der Waals surface area contributed by atoms with E-state index in [2.05, 4.69) is 6.92 Å². The Bertz CT molecular complexity index is 415. The summed E-state index contributed by atoms with van der Waals surface area (Å²) >= 11 is 0. The molecule has 0 unspecified atom stereocenters. The summed E-state index contributed by atoms with van der Waals surface area (Å²) in [6, 6.07) is 5.16. The Morgan fingerprint density at radius 1 is 1.00 bits per heavy atom. The Hall–Kier alpha value is -1.71. The Morgan fingerprint density at radius 2 is 1.80 bits per heavy atom. The van der Waals surface area contributed by atoms with E-state index in [9.17, 15) is 4.79 Å². The number of hydrogen-bond acceptors (Lipinski definition) is 4. The van der Waals surface area contributed by atoms with E-state index in [4.69, 9.17) is 14.2 Å². The number of esters is 1. The van der Waals surface area contributed by atoms with Crippen molar-refractivity contribution in [3.8, 4) is 11.5 Å². The van der Waals surface area contributed by atoms with Gasteiger partial charge in [0.15, 0.2) is 11.5 Å². The van der Waals surface area contributed by atoms with E-state index >= 15 is 0 Å². The minimum atomic E-state index is -0.326. The first kappa shape index (κ1) is 16.3. The lowest BCUT2D eigenvalue weighted by Gasteiger charge is -2.13. The van der Waals surface area contributed by atoms with Crippen LogP contribution >= 0.6 is 0 Å². The average molecular weight is 280 g/mol. The molecule has 0 aliphatic heterocycles. The van der Waals surface area contributed by atoms with Crippen LogP contribution in [0, 0.1) is 0 Å². The summed E-state index contributed by atoms with van der Waals surface area (Å²) in [5.41, 5.74) is 0.491. The van der Waals surface area contributed by atoms with Crippen LogP contribution in [0.3, 0.4) is 0 Å². The highest BCUT2D eigenvalue weighted by Crippen LogP contribution is 2.29. The SMILES string of the molecule is CCCCOc1ccc(C(=O)OCCC)cc1OCC. The van der Waals surface area contributed by atoms with Crippen molar-refractivity contribution in [3.05, 3.63) is 23.8 Å². The lowest BCUT2D eigenvalue weighted by atomic mass is 10.2. The molecule has 0 N–H and O–H groups in total. The zero-order valence-corrected chi connectivity index (χ0v) is 12.6. The Kier molecular flexibility index (Phi) is 7.55. The maximum Gasteiger partial charge on any atom is 0.338 e. The average Bonchev–Trinajstić information content (AvgIpc) is 2.46. The minimum Gasteiger partial charge on any atom is -0.490 e. The van der Waals surface area contributed by atoms with Gasteiger partial charge in [-0.15, -0.1) is 0 Å². The van der Waals surface area contributed by atoms with Crippen LogP contribution in [0.1, 0.15) is 50.4 Å². The molecular formula is C16H24O4. The second-order valence-electron chi connectivity index (χ2n) is 4.43. The smallest absolute Gasteiger partial charge is 0.338 e. The monoisotopic (exact) mass is 280 g/mol. The maximum absolute atomic E-state index is 11.8. The van der Waals surface area contributed by atoms with E-state index in [0.29, 0.717) is 36.9 Å². The topological polar surface area (TPSA) is 44.8 Å². The van der Waals surface area contributed by atoms with Crippen LogP contribution in [-0.2, 0) is 4.74 Å². The number of unbranched alkanes of at least 4 members (excludes halogenated alkanes) is 1. The fourth-order valence-corrected chi connectivity index (χ4v) is 1.63. The first-order valence-corrected chi connectivity index (χ1v) is 7.29. The molecule has 0 aromatic heterocycles. The van der Waals surface area contributed by atoms with Gasteiger partial charge in [-0.3, -0.25) is 0 Å². The lowest BCUT2D eigenvalue weighted by molar-refractivity contribution is 0.0504. The van der Waals surface area contributed by atoms with Crippen LogP contribution in [0.25, 0.3) is 0 Å². The van der Waals surface area contributed by atoms with Gasteiger partial charge in [0.2, 0.25) is 0 Å². The standard InChI is InChI=1S/C16H24O4/c1-4-7-11-19-14-9-8-13(12-15(14)18-6-3)16(17)20-10-5-2/h8-9,12H,4-7,10-11H2,1-3H3. The Labute approximate surface area is 121 Å². The zero-order valence-electron chi connectivity index (χ0n) is 12.6. The van der Waals surface area contributed by atoms with Gasteiger partial charge in [-0.2, -0.15) is 0 Å². The zero-order chi connectivity index (χ0) is 14.8. The van der Waals surface area contributed by atoms with Crippen LogP contribution in [-0.4, -0.2) is 25.8 Å². The molecule has 0 aliphatic rings. The van der Waals surface area contributed by atoms with Crippen LogP contribution in [0.5, 0.6) is 11.5 Å². The first-order valence-electron chi connectivity index (χ1n) is 7.29. The number of carbonyl (C=O) groups excluding carboxylic acids is 1. The van der Waals surface area contributed by atoms with Crippen molar-refractivity contribution in [1.82, 2.24) is 0 Å². The van der Waals surface area contributed by atoms with Crippen LogP contribution in [0.15, 0.2) is 18.2 Å². The molecule has 112 valence electrons. The van der Waals surface area contributed by atoms with Crippen molar-refractivity contribution in [1.29, 1.82) is 0 Å². The predicted octanol–water partition coefficient (Wildman–Crippen LogP) is 3.83. The second-order valence-corrected chi connectivity index (χ2v) is 4.43. The molecule has 0 atom stereocenters. The number of hydrogen-bond donors (Lipinski definition) is 0. The molecule has 1 aromatic rings. The van der Waals surface area contributed by atoms with Crippen molar-refractivity contribution in [2.45, 2.75) is 40.0 Å². The molecule has 0 saturated carbocycles. The highest BCUT2D eigenvalue weighted by molar-refractivity contribution is 5.90. The molecule has 0 heterocycles. The fraction of sp³-hybridized carbons (Fsp3) is 0.562. The van der Waals surface area contributed by atoms with Gasteiger partial charge in [-0.1, -0.05) is 20.3 Å². The highest BCUT2D eigenvalue weighted by Gasteiger charge is 2.12. The third kappa shape index (κ3) is 5.11. The van der Waals surface area contributed by atoms with E-state index < -0.39 is 0 Å². The van der Waals surface area contributed by atoms with Crippen molar-refractivity contribution in [2.24, 2.45) is 0 Å². The molecule has 0 fully saturated rings. The Morgan fingerprint density at radius 3 is 2.45 bits per heavy atom. The van der Waals surface area contributed by atoms with Gasteiger partial charge in [0.25, 0.3) is 0 Å². The normalized spacial score (nSPS) is 10.2. The predicted molar refractivity (Wildman–Crippen MR) is 78.6 cm³/mol. The minimum absolute atomic E-state index is 0.326. The fourth-order valence-electron chi connectivity index (χ4n) is 1.63. The van der Waals surface area contributed by atoms with Gasteiger partial charge in [0.05, 0.1) is 25.4 Å². The van der Waals surface area contributed by atoms with Crippen molar-refractivity contribution in [2.75, 3.05) is 19.8 Å². The summed E-state index contributed by atoms with van der Waals surface area (Å²) < 4.78 is 16.3. The molecule has 0 amide bonds.